The van der Waals surface area contributed by atoms with Crippen LogP contribution in [-0.2, 0) is 5.75 Å². The number of benzene rings is 2. The molecule has 0 aliphatic rings. The van der Waals surface area contributed by atoms with Gasteiger partial charge in [0.1, 0.15) is 11.5 Å². The molecule has 6 nitrogen and oxygen atoms in total. The predicted molar refractivity (Wildman–Crippen MR) is 114 cm³/mol. The van der Waals surface area contributed by atoms with Crippen LogP contribution < -0.4 is 4.74 Å². The summed E-state index contributed by atoms with van der Waals surface area (Å²) >= 11 is 8.02. The van der Waals surface area contributed by atoms with Gasteiger partial charge in [0.15, 0.2) is 11.0 Å². The highest BCUT2D eigenvalue weighted by Gasteiger charge is 2.19. The third-order valence-corrected chi connectivity index (χ3v) is 5.89. The standard InChI is InChI=1S/C21H19ClN4O2S/c1-13-18(14(2)28-25-13)12-29-21-24-23-20(17-6-4-5-7-19(17)22)26(21)15-8-10-16(27-3)11-9-15/h4-11H,12H2,1-3H3. The van der Waals surface area contributed by atoms with Gasteiger partial charge < -0.3 is 9.26 Å². The summed E-state index contributed by atoms with van der Waals surface area (Å²) in [6.45, 7) is 3.86. The first kappa shape index (κ1) is 19.5. The van der Waals surface area contributed by atoms with Crippen LogP contribution in [0.1, 0.15) is 17.0 Å². The molecule has 0 atom stereocenters. The monoisotopic (exact) mass is 426 g/mol. The van der Waals surface area contributed by atoms with E-state index >= 15 is 0 Å². The van der Waals surface area contributed by atoms with Crippen molar-refractivity contribution in [3.05, 3.63) is 70.6 Å². The molecule has 0 aliphatic carbocycles. The lowest BCUT2D eigenvalue weighted by molar-refractivity contribution is 0.392. The molecule has 2 aromatic heterocycles. The molecule has 0 aliphatic heterocycles. The number of ether oxygens (including phenoxy) is 1. The fourth-order valence-electron chi connectivity index (χ4n) is 2.99. The van der Waals surface area contributed by atoms with Crippen LogP contribution in [0.5, 0.6) is 5.75 Å². The second kappa shape index (κ2) is 8.31. The van der Waals surface area contributed by atoms with Crippen LogP contribution in [0.4, 0.5) is 0 Å². The molecular weight excluding hydrogens is 408 g/mol. The molecule has 148 valence electrons. The Bertz CT molecular complexity index is 1120. The molecule has 4 rings (SSSR count). The SMILES string of the molecule is COc1ccc(-n2c(SCc3c(C)noc3C)nnc2-c2ccccc2Cl)cc1. The summed E-state index contributed by atoms with van der Waals surface area (Å²) in [6, 6.07) is 15.4. The lowest BCUT2D eigenvalue weighted by Gasteiger charge is -2.12. The van der Waals surface area contributed by atoms with Gasteiger partial charge in [-0.1, -0.05) is 40.7 Å². The molecule has 0 N–H and O–H groups in total. The van der Waals surface area contributed by atoms with Crippen LogP contribution >= 0.6 is 23.4 Å². The number of hydrogen-bond donors (Lipinski definition) is 0. The summed E-state index contributed by atoms with van der Waals surface area (Å²) in [4.78, 5) is 0. The highest BCUT2D eigenvalue weighted by Crippen LogP contribution is 2.34. The van der Waals surface area contributed by atoms with E-state index in [1.165, 1.54) is 0 Å². The van der Waals surface area contributed by atoms with Crippen LogP contribution in [0, 0.1) is 13.8 Å². The van der Waals surface area contributed by atoms with Gasteiger partial charge in [0.2, 0.25) is 0 Å². The molecule has 0 unspecified atom stereocenters. The first-order chi connectivity index (χ1) is 14.1. The highest BCUT2D eigenvalue weighted by atomic mass is 35.5. The Morgan fingerprint density at radius 3 is 2.48 bits per heavy atom. The smallest absolute Gasteiger partial charge is 0.196 e. The second-order valence-corrected chi connectivity index (χ2v) is 7.76. The van der Waals surface area contributed by atoms with Crippen molar-refractivity contribution in [2.75, 3.05) is 7.11 Å². The van der Waals surface area contributed by atoms with Crippen molar-refractivity contribution in [2.24, 2.45) is 0 Å². The fraction of sp³-hybridized carbons (Fsp3) is 0.190. The van der Waals surface area contributed by atoms with Gasteiger partial charge in [0.25, 0.3) is 0 Å². The largest absolute Gasteiger partial charge is 0.497 e. The second-order valence-electron chi connectivity index (χ2n) is 6.41. The maximum Gasteiger partial charge on any atom is 0.196 e. The molecule has 0 radical (unpaired) electrons. The van der Waals surface area contributed by atoms with Crippen molar-refractivity contribution in [3.63, 3.8) is 0 Å². The van der Waals surface area contributed by atoms with E-state index in [1.54, 1.807) is 18.9 Å². The van der Waals surface area contributed by atoms with E-state index < -0.39 is 0 Å². The molecular formula is C21H19ClN4O2S. The average molecular weight is 427 g/mol. The zero-order chi connectivity index (χ0) is 20.4. The molecule has 2 aromatic carbocycles. The molecule has 8 heteroatoms. The van der Waals surface area contributed by atoms with Gasteiger partial charge in [-0.25, -0.2) is 0 Å². The van der Waals surface area contributed by atoms with E-state index in [0.717, 1.165) is 39.2 Å². The van der Waals surface area contributed by atoms with E-state index in [-0.39, 0.29) is 0 Å². The van der Waals surface area contributed by atoms with Crippen molar-refractivity contribution >= 4 is 23.4 Å². The van der Waals surface area contributed by atoms with Gasteiger partial charge in [0, 0.05) is 22.6 Å². The number of methoxy groups -OCH3 is 1. The number of nitrogens with zero attached hydrogens (tertiary/aromatic N) is 4. The summed E-state index contributed by atoms with van der Waals surface area (Å²) in [5, 5.41) is 14.3. The lowest BCUT2D eigenvalue weighted by atomic mass is 10.2. The molecule has 0 bridgehead atoms. The zero-order valence-corrected chi connectivity index (χ0v) is 17.8. The van der Waals surface area contributed by atoms with Crippen molar-refractivity contribution in [1.29, 1.82) is 0 Å². The number of aromatic nitrogens is 4. The number of thioether (sulfide) groups is 1. The average Bonchev–Trinajstić information content (AvgIpc) is 3.30. The van der Waals surface area contributed by atoms with Gasteiger partial charge in [-0.2, -0.15) is 0 Å². The van der Waals surface area contributed by atoms with Gasteiger partial charge >= 0.3 is 0 Å². The topological polar surface area (TPSA) is 66.0 Å². The Hall–Kier alpha value is -2.77. The van der Waals surface area contributed by atoms with Crippen LogP contribution in [0.25, 0.3) is 17.1 Å². The number of aryl methyl sites for hydroxylation is 2. The summed E-state index contributed by atoms with van der Waals surface area (Å²) in [5.41, 5.74) is 3.70. The van der Waals surface area contributed by atoms with E-state index in [0.29, 0.717) is 16.6 Å². The minimum atomic E-state index is 0.622. The summed E-state index contributed by atoms with van der Waals surface area (Å²) in [5.74, 6) is 2.96. The Labute approximate surface area is 177 Å². The van der Waals surface area contributed by atoms with Gasteiger partial charge in [-0.05, 0) is 50.2 Å². The Morgan fingerprint density at radius 1 is 1.07 bits per heavy atom. The molecule has 0 fully saturated rings. The first-order valence-corrected chi connectivity index (χ1v) is 10.3. The van der Waals surface area contributed by atoms with E-state index in [2.05, 4.69) is 15.4 Å². The van der Waals surface area contributed by atoms with Crippen LogP contribution in [-0.4, -0.2) is 27.0 Å². The van der Waals surface area contributed by atoms with E-state index in [1.807, 2.05) is 66.9 Å². The van der Waals surface area contributed by atoms with Crippen LogP contribution in [0.15, 0.2) is 58.2 Å². The maximum absolute atomic E-state index is 6.45. The summed E-state index contributed by atoms with van der Waals surface area (Å²) in [7, 11) is 1.65. The molecule has 0 spiro atoms. The van der Waals surface area contributed by atoms with E-state index in [4.69, 9.17) is 20.9 Å². The third kappa shape index (κ3) is 3.88. The minimum Gasteiger partial charge on any atom is -0.497 e. The first-order valence-electron chi connectivity index (χ1n) is 8.97. The van der Waals surface area contributed by atoms with Crippen molar-refractivity contribution in [1.82, 2.24) is 19.9 Å². The quantitative estimate of drug-likeness (QED) is 0.379. The molecule has 4 aromatic rings. The molecule has 0 amide bonds. The zero-order valence-electron chi connectivity index (χ0n) is 16.2. The number of rotatable bonds is 6. The van der Waals surface area contributed by atoms with Gasteiger partial charge in [0.05, 0.1) is 17.8 Å². The van der Waals surface area contributed by atoms with Crippen LogP contribution in [0.2, 0.25) is 5.02 Å². The van der Waals surface area contributed by atoms with Crippen molar-refractivity contribution < 1.29 is 9.26 Å². The Kier molecular flexibility index (Phi) is 5.60. The molecule has 0 saturated carbocycles. The summed E-state index contributed by atoms with van der Waals surface area (Å²) in [6.07, 6.45) is 0. The minimum absolute atomic E-state index is 0.622. The molecule has 29 heavy (non-hydrogen) atoms. The predicted octanol–water partition coefficient (Wildman–Crippen LogP) is 5.49. The lowest BCUT2D eigenvalue weighted by Crippen LogP contribution is -2.00. The number of hydrogen-bond acceptors (Lipinski definition) is 6. The van der Waals surface area contributed by atoms with Gasteiger partial charge in [-0.15, -0.1) is 10.2 Å². The van der Waals surface area contributed by atoms with E-state index in [9.17, 15) is 0 Å². The van der Waals surface area contributed by atoms with Crippen LogP contribution in [0.3, 0.4) is 0 Å². The van der Waals surface area contributed by atoms with Gasteiger partial charge in [-0.3, -0.25) is 4.57 Å². The van der Waals surface area contributed by atoms with Crippen molar-refractivity contribution in [3.8, 4) is 22.8 Å². The van der Waals surface area contributed by atoms with Crippen molar-refractivity contribution in [2.45, 2.75) is 24.8 Å². The Morgan fingerprint density at radius 2 is 1.83 bits per heavy atom. The number of halogens is 1. The third-order valence-electron chi connectivity index (χ3n) is 4.61. The Balaban J connectivity index is 1.77. The molecule has 2 heterocycles. The molecule has 0 saturated heterocycles. The normalized spacial score (nSPS) is 11.0. The highest BCUT2D eigenvalue weighted by molar-refractivity contribution is 7.98. The fourth-order valence-corrected chi connectivity index (χ4v) is 4.31. The summed E-state index contributed by atoms with van der Waals surface area (Å²) < 4.78 is 12.6. The maximum atomic E-state index is 6.45.